The number of hydrogen-bond donors (Lipinski definition) is 1. The average molecular weight is 434 g/mol. The Morgan fingerprint density at radius 3 is 2.19 bits per heavy atom. The van der Waals surface area contributed by atoms with Crippen LogP contribution in [0.4, 0.5) is 5.13 Å². The Morgan fingerprint density at radius 1 is 1.00 bits per heavy atom. The maximum atomic E-state index is 13.1. The van der Waals surface area contributed by atoms with E-state index in [4.69, 9.17) is 0 Å². The number of benzene rings is 2. The summed E-state index contributed by atoms with van der Waals surface area (Å²) in [4.78, 5) is 27.5. The van der Waals surface area contributed by atoms with Crippen LogP contribution in [0.15, 0.2) is 54.1 Å². The van der Waals surface area contributed by atoms with E-state index < -0.39 is 17.7 Å². The lowest BCUT2D eigenvalue weighted by Crippen LogP contribution is -2.29. The lowest BCUT2D eigenvalue weighted by Gasteiger charge is -2.23. The summed E-state index contributed by atoms with van der Waals surface area (Å²) in [7, 11) is 0. The van der Waals surface area contributed by atoms with Crippen LogP contribution >= 0.6 is 11.3 Å². The molecule has 0 saturated carbocycles. The Balaban J connectivity index is 1.91. The molecule has 158 valence electrons. The van der Waals surface area contributed by atoms with Gasteiger partial charge in [0, 0.05) is 5.56 Å². The fraction of sp³-hybridized carbons (Fsp3) is 0.250. The minimum Gasteiger partial charge on any atom is -0.507 e. The van der Waals surface area contributed by atoms with Crippen LogP contribution < -0.4 is 4.90 Å². The number of ketones is 1. The topological polar surface area (TPSA) is 83.4 Å². The third kappa shape index (κ3) is 3.77. The van der Waals surface area contributed by atoms with Crippen LogP contribution in [0.1, 0.15) is 53.1 Å². The summed E-state index contributed by atoms with van der Waals surface area (Å²) < 4.78 is 0. The van der Waals surface area contributed by atoms with Crippen molar-refractivity contribution in [3.8, 4) is 0 Å². The molecule has 1 aliphatic rings. The first-order valence-corrected chi connectivity index (χ1v) is 10.9. The maximum Gasteiger partial charge on any atom is 0.301 e. The van der Waals surface area contributed by atoms with E-state index >= 15 is 0 Å². The molecule has 0 unspecified atom stereocenters. The molecule has 0 bridgehead atoms. The van der Waals surface area contributed by atoms with Crippen LogP contribution in [0.5, 0.6) is 0 Å². The van der Waals surface area contributed by atoms with E-state index in [1.165, 1.54) is 16.2 Å². The minimum atomic E-state index is -0.783. The standard InChI is InChI=1S/C24H23N3O3S/c1-13(2)16-9-11-17(12-10-16)20-19(21(28)18-7-5-14(3)6-8-18)22(29)23(30)27(20)24-26-25-15(4)31-24/h5-13,20,28H,1-4H3/t20-/m0/s1. The Labute approximate surface area is 184 Å². The number of hydrogen-bond acceptors (Lipinski definition) is 6. The Morgan fingerprint density at radius 2 is 1.65 bits per heavy atom. The molecule has 0 aliphatic carbocycles. The number of carbonyl (C=O) groups excluding carboxylic acids is 2. The first kappa shape index (κ1) is 20.9. The minimum absolute atomic E-state index is 0.0546. The summed E-state index contributed by atoms with van der Waals surface area (Å²) in [6.07, 6.45) is 0. The number of amides is 1. The molecule has 1 saturated heterocycles. The van der Waals surface area contributed by atoms with Gasteiger partial charge in [-0.25, -0.2) is 0 Å². The second-order valence-electron chi connectivity index (χ2n) is 7.96. The first-order valence-electron chi connectivity index (χ1n) is 10.1. The van der Waals surface area contributed by atoms with Gasteiger partial charge < -0.3 is 5.11 Å². The molecule has 3 aromatic rings. The molecular weight excluding hydrogens is 410 g/mol. The van der Waals surface area contributed by atoms with Crippen LogP contribution in [0.2, 0.25) is 0 Å². The largest absolute Gasteiger partial charge is 0.507 e. The van der Waals surface area contributed by atoms with Crippen molar-refractivity contribution < 1.29 is 14.7 Å². The highest BCUT2D eigenvalue weighted by atomic mass is 32.1. The van der Waals surface area contributed by atoms with Crippen molar-refractivity contribution in [2.45, 2.75) is 39.7 Å². The Kier molecular flexibility index (Phi) is 5.45. The molecule has 31 heavy (non-hydrogen) atoms. The smallest absolute Gasteiger partial charge is 0.301 e. The molecule has 1 amide bonds. The number of aliphatic hydroxyl groups is 1. The zero-order valence-corrected chi connectivity index (χ0v) is 18.6. The van der Waals surface area contributed by atoms with Crippen molar-refractivity contribution in [2.24, 2.45) is 0 Å². The molecule has 1 N–H and O–H groups in total. The van der Waals surface area contributed by atoms with Crippen molar-refractivity contribution in [1.29, 1.82) is 0 Å². The van der Waals surface area contributed by atoms with E-state index in [1.807, 2.05) is 43.3 Å². The number of rotatable bonds is 4. The average Bonchev–Trinajstić information content (AvgIpc) is 3.29. The molecule has 7 heteroatoms. The third-order valence-corrected chi connectivity index (χ3v) is 6.25. The lowest BCUT2D eigenvalue weighted by atomic mass is 9.93. The fourth-order valence-electron chi connectivity index (χ4n) is 3.66. The quantitative estimate of drug-likeness (QED) is 0.359. The van der Waals surface area contributed by atoms with Crippen LogP contribution in [0.25, 0.3) is 5.76 Å². The third-order valence-electron chi connectivity index (χ3n) is 5.41. The van der Waals surface area contributed by atoms with E-state index in [9.17, 15) is 14.7 Å². The van der Waals surface area contributed by atoms with Gasteiger partial charge in [0.15, 0.2) is 0 Å². The number of carbonyl (C=O) groups is 2. The second-order valence-corrected chi connectivity index (χ2v) is 9.12. The number of aliphatic hydroxyl groups excluding tert-OH is 1. The number of aryl methyl sites for hydroxylation is 2. The van der Waals surface area contributed by atoms with Crippen molar-refractivity contribution in [2.75, 3.05) is 4.90 Å². The normalized spacial score (nSPS) is 18.2. The zero-order chi connectivity index (χ0) is 22.3. The molecule has 6 nitrogen and oxygen atoms in total. The van der Waals surface area contributed by atoms with Gasteiger partial charge in [-0.2, -0.15) is 0 Å². The van der Waals surface area contributed by atoms with Gasteiger partial charge in [0.05, 0.1) is 11.6 Å². The van der Waals surface area contributed by atoms with Crippen LogP contribution in [-0.2, 0) is 9.59 Å². The highest BCUT2D eigenvalue weighted by molar-refractivity contribution is 7.15. The number of Topliss-reactive ketones (excluding diaryl/α,β-unsaturated/α-hetero) is 1. The SMILES string of the molecule is Cc1ccc(C(O)=C2C(=O)C(=O)N(c3nnc(C)s3)[C@H]2c2ccc(C(C)C)cc2)cc1. The summed E-state index contributed by atoms with van der Waals surface area (Å²) in [5.74, 6) is -1.30. The van der Waals surface area contributed by atoms with Gasteiger partial charge >= 0.3 is 5.91 Å². The van der Waals surface area contributed by atoms with E-state index in [1.54, 1.807) is 19.1 Å². The molecule has 4 rings (SSSR count). The van der Waals surface area contributed by atoms with Crippen molar-refractivity contribution >= 4 is 33.9 Å². The van der Waals surface area contributed by atoms with Crippen LogP contribution in [0.3, 0.4) is 0 Å². The number of aromatic nitrogens is 2. The van der Waals surface area contributed by atoms with Gasteiger partial charge in [-0.3, -0.25) is 14.5 Å². The van der Waals surface area contributed by atoms with Crippen molar-refractivity contribution in [3.05, 3.63) is 81.4 Å². The highest BCUT2D eigenvalue weighted by Crippen LogP contribution is 2.43. The van der Waals surface area contributed by atoms with Crippen molar-refractivity contribution in [3.63, 3.8) is 0 Å². The fourth-order valence-corrected chi connectivity index (χ4v) is 4.37. The first-order chi connectivity index (χ1) is 14.8. The monoisotopic (exact) mass is 433 g/mol. The maximum absolute atomic E-state index is 13.1. The molecule has 1 aliphatic heterocycles. The molecule has 1 aromatic heterocycles. The van der Waals surface area contributed by atoms with Crippen LogP contribution in [0, 0.1) is 13.8 Å². The summed E-state index contributed by atoms with van der Waals surface area (Å²) >= 11 is 1.24. The van der Waals surface area contributed by atoms with Gasteiger partial charge in [0.25, 0.3) is 5.78 Å². The summed E-state index contributed by atoms with van der Waals surface area (Å²) in [5.41, 5.74) is 3.44. The lowest BCUT2D eigenvalue weighted by molar-refractivity contribution is -0.132. The van der Waals surface area contributed by atoms with Gasteiger partial charge in [-0.1, -0.05) is 79.3 Å². The van der Waals surface area contributed by atoms with E-state index in [0.29, 0.717) is 21.6 Å². The number of nitrogens with zero attached hydrogens (tertiary/aromatic N) is 3. The second kappa shape index (κ2) is 8.07. The Bertz CT molecular complexity index is 1180. The van der Waals surface area contributed by atoms with E-state index in [-0.39, 0.29) is 11.3 Å². The van der Waals surface area contributed by atoms with Crippen molar-refractivity contribution in [1.82, 2.24) is 10.2 Å². The summed E-state index contributed by atoms with van der Waals surface area (Å²) in [6, 6.07) is 14.2. The zero-order valence-electron chi connectivity index (χ0n) is 17.8. The summed E-state index contributed by atoms with van der Waals surface area (Å²) in [5, 5.41) is 20.2. The molecule has 2 heterocycles. The molecular formula is C24H23N3O3S. The molecule has 1 fully saturated rings. The molecule has 1 atom stereocenters. The van der Waals surface area contributed by atoms with E-state index in [2.05, 4.69) is 24.0 Å². The van der Waals surface area contributed by atoms with Gasteiger partial charge in [0.2, 0.25) is 5.13 Å². The van der Waals surface area contributed by atoms with Gasteiger partial charge in [-0.05, 0) is 30.9 Å². The summed E-state index contributed by atoms with van der Waals surface area (Å²) in [6.45, 7) is 7.93. The molecule has 0 spiro atoms. The van der Waals surface area contributed by atoms with Gasteiger partial charge in [0.1, 0.15) is 10.8 Å². The predicted octanol–water partition coefficient (Wildman–Crippen LogP) is 4.90. The predicted molar refractivity (Wildman–Crippen MR) is 121 cm³/mol. The number of anilines is 1. The molecule has 2 aromatic carbocycles. The van der Waals surface area contributed by atoms with E-state index in [0.717, 1.165) is 16.7 Å². The molecule has 0 radical (unpaired) electrons. The van der Waals surface area contributed by atoms with Crippen LogP contribution in [-0.4, -0.2) is 27.0 Å². The van der Waals surface area contributed by atoms with Gasteiger partial charge in [-0.15, -0.1) is 10.2 Å². The highest BCUT2D eigenvalue weighted by Gasteiger charge is 2.48. The Hall–Kier alpha value is -3.32.